The Morgan fingerprint density at radius 1 is 1.33 bits per heavy atom. The minimum absolute atomic E-state index is 0.0382. The average Bonchev–Trinajstić information content (AvgIpc) is 2.40. The molecule has 0 spiro atoms. The van der Waals surface area contributed by atoms with Crippen molar-refractivity contribution >= 4 is 26.0 Å². The summed E-state index contributed by atoms with van der Waals surface area (Å²) < 4.78 is 28.4. The number of halogens is 1. The molecule has 1 heterocycles. The fraction of sp³-hybridized carbons (Fsp3) is 0.600. The summed E-state index contributed by atoms with van der Waals surface area (Å²) >= 11 is 3.35. The van der Waals surface area contributed by atoms with Crippen molar-refractivity contribution in [3.8, 4) is 0 Å². The highest BCUT2D eigenvalue weighted by molar-refractivity contribution is 9.10. The largest absolute Gasteiger partial charge is 0.303 e. The van der Waals surface area contributed by atoms with Crippen molar-refractivity contribution in [2.24, 2.45) is 0 Å². The molecule has 0 amide bonds. The van der Waals surface area contributed by atoms with Crippen molar-refractivity contribution in [3.05, 3.63) is 28.2 Å². The molecule has 0 aromatic heterocycles. The van der Waals surface area contributed by atoms with Crippen LogP contribution in [0, 0.1) is 6.92 Å². The Hall–Kier alpha value is -0.430. The maximum atomic E-state index is 12.5. The van der Waals surface area contributed by atoms with Crippen LogP contribution in [0.2, 0.25) is 0 Å². The molecule has 1 aromatic rings. The fourth-order valence-electron chi connectivity index (χ4n) is 2.70. The second-order valence-electron chi connectivity index (χ2n) is 5.67. The molecule has 1 aliphatic heterocycles. The van der Waals surface area contributed by atoms with Crippen molar-refractivity contribution in [3.63, 3.8) is 0 Å². The summed E-state index contributed by atoms with van der Waals surface area (Å²) in [5.41, 5.74) is 1.04. The number of hydrogen-bond acceptors (Lipinski definition) is 3. The van der Waals surface area contributed by atoms with Crippen LogP contribution in [-0.2, 0) is 10.0 Å². The Bertz CT molecular complexity index is 581. The molecule has 0 atom stereocenters. The van der Waals surface area contributed by atoms with E-state index in [9.17, 15) is 8.42 Å². The quantitative estimate of drug-likeness (QED) is 0.861. The lowest BCUT2D eigenvalue weighted by atomic mass is 10.1. The summed E-state index contributed by atoms with van der Waals surface area (Å²) in [6.07, 6.45) is 2.90. The Morgan fingerprint density at radius 2 is 2.00 bits per heavy atom. The van der Waals surface area contributed by atoms with E-state index >= 15 is 0 Å². The monoisotopic (exact) mass is 374 g/mol. The van der Waals surface area contributed by atoms with E-state index in [0.717, 1.165) is 44.5 Å². The smallest absolute Gasteiger partial charge is 0.241 e. The van der Waals surface area contributed by atoms with Gasteiger partial charge in [0, 0.05) is 10.5 Å². The van der Waals surface area contributed by atoms with Gasteiger partial charge >= 0.3 is 0 Å². The average molecular weight is 375 g/mol. The Kier molecular flexibility index (Phi) is 5.82. The van der Waals surface area contributed by atoms with E-state index in [0.29, 0.717) is 9.37 Å². The van der Waals surface area contributed by atoms with Crippen LogP contribution in [0.4, 0.5) is 0 Å². The molecular weight excluding hydrogens is 352 g/mol. The van der Waals surface area contributed by atoms with Gasteiger partial charge in [-0.3, -0.25) is 0 Å². The molecule has 1 saturated heterocycles. The minimum atomic E-state index is -3.45. The minimum Gasteiger partial charge on any atom is -0.303 e. The predicted molar refractivity (Wildman–Crippen MR) is 89.0 cm³/mol. The van der Waals surface area contributed by atoms with Crippen molar-refractivity contribution in [2.75, 3.05) is 19.6 Å². The zero-order valence-corrected chi connectivity index (χ0v) is 15.0. The second-order valence-corrected chi connectivity index (χ2v) is 8.21. The molecule has 0 unspecified atom stereocenters. The molecule has 21 heavy (non-hydrogen) atoms. The molecular formula is C15H23BrN2O2S. The first-order chi connectivity index (χ1) is 9.92. The molecule has 0 radical (unpaired) electrons. The van der Waals surface area contributed by atoms with Crippen molar-refractivity contribution in [1.82, 2.24) is 9.62 Å². The van der Waals surface area contributed by atoms with E-state index in [4.69, 9.17) is 0 Å². The van der Waals surface area contributed by atoms with Crippen LogP contribution < -0.4 is 4.72 Å². The number of piperidine rings is 1. The first-order valence-electron chi connectivity index (χ1n) is 7.43. The maximum absolute atomic E-state index is 12.5. The van der Waals surface area contributed by atoms with Crippen LogP contribution in [0.5, 0.6) is 0 Å². The molecule has 2 rings (SSSR count). The van der Waals surface area contributed by atoms with Crippen molar-refractivity contribution < 1.29 is 8.42 Å². The molecule has 0 aliphatic carbocycles. The Morgan fingerprint density at radius 3 is 2.57 bits per heavy atom. The molecule has 4 nitrogen and oxygen atoms in total. The molecule has 6 heteroatoms. The Labute approximate surface area is 136 Å². The zero-order chi connectivity index (χ0) is 15.5. The number of sulfonamides is 1. The first kappa shape index (κ1) is 16.9. The molecule has 1 fully saturated rings. The van der Waals surface area contributed by atoms with Crippen LogP contribution in [-0.4, -0.2) is 39.0 Å². The fourth-order valence-corrected chi connectivity index (χ4v) is 5.19. The summed E-state index contributed by atoms with van der Waals surface area (Å²) in [7, 11) is -3.45. The van der Waals surface area contributed by atoms with Gasteiger partial charge in [-0.15, -0.1) is 0 Å². The van der Waals surface area contributed by atoms with Gasteiger partial charge in [0.05, 0.1) is 4.90 Å². The van der Waals surface area contributed by atoms with Gasteiger partial charge in [-0.2, -0.15) is 0 Å². The number of benzene rings is 1. The number of nitrogens with one attached hydrogen (secondary N) is 1. The number of nitrogens with zero attached hydrogens (tertiary/aromatic N) is 1. The lowest BCUT2D eigenvalue weighted by Crippen LogP contribution is -2.44. The highest BCUT2D eigenvalue weighted by Gasteiger charge is 2.25. The standard InChI is InChI=1S/C15H23BrN2O2S/c1-3-8-18-9-6-13(7-10-18)17-21(19,20)15-5-4-12(2)11-14(15)16/h4-5,11,13,17H,3,6-10H2,1-2H3. The number of hydrogen-bond donors (Lipinski definition) is 1. The van der Waals surface area contributed by atoms with E-state index in [1.54, 1.807) is 6.07 Å². The van der Waals surface area contributed by atoms with Gasteiger partial charge in [-0.1, -0.05) is 13.0 Å². The second kappa shape index (κ2) is 7.22. The van der Waals surface area contributed by atoms with E-state index in [1.165, 1.54) is 0 Å². The van der Waals surface area contributed by atoms with E-state index in [-0.39, 0.29) is 6.04 Å². The summed E-state index contributed by atoms with van der Waals surface area (Å²) in [5, 5.41) is 0. The number of rotatable bonds is 5. The lowest BCUT2D eigenvalue weighted by molar-refractivity contribution is 0.208. The van der Waals surface area contributed by atoms with Crippen LogP contribution >= 0.6 is 15.9 Å². The SMILES string of the molecule is CCCN1CCC(NS(=O)(=O)c2ccc(C)cc2Br)CC1. The number of aryl methyl sites for hydroxylation is 1. The van der Waals surface area contributed by atoms with Gasteiger partial charge in [0.2, 0.25) is 10.0 Å². The van der Waals surface area contributed by atoms with Gasteiger partial charge in [0.25, 0.3) is 0 Å². The highest BCUT2D eigenvalue weighted by atomic mass is 79.9. The molecule has 1 aromatic carbocycles. The molecule has 0 saturated carbocycles. The third-order valence-electron chi connectivity index (χ3n) is 3.83. The van der Waals surface area contributed by atoms with E-state index in [2.05, 4.69) is 32.5 Å². The Balaban J connectivity index is 2.02. The van der Waals surface area contributed by atoms with Gasteiger partial charge in [-0.25, -0.2) is 13.1 Å². The third kappa shape index (κ3) is 4.52. The third-order valence-corrected chi connectivity index (χ3v) is 6.32. The topological polar surface area (TPSA) is 49.4 Å². The van der Waals surface area contributed by atoms with Crippen LogP contribution in [0.25, 0.3) is 0 Å². The summed E-state index contributed by atoms with van der Waals surface area (Å²) in [4.78, 5) is 2.72. The normalized spacial score (nSPS) is 18.0. The maximum Gasteiger partial charge on any atom is 0.241 e. The molecule has 1 N–H and O–H groups in total. The van der Waals surface area contributed by atoms with Gasteiger partial charge in [0.15, 0.2) is 0 Å². The summed E-state index contributed by atoms with van der Waals surface area (Å²) in [5.74, 6) is 0. The highest BCUT2D eigenvalue weighted by Crippen LogP contribution is 2.24. The summed E-state index contributed by atoms with van der Waals surface area (Å²) in [6.45, 7) is 7.15. The summed E-state index contributed by atoms with van der Waals surface area (Å²) in [6, 6.07) is 5.35. The van der Waals surface area contributed by atoms with Crippen molar-refractivity contribution in [1.29, 1.82) is 0 Å². The van der Waals surface area contributed by atoms with Gasteiger partial charge in [-0.05, 0) is 79.4 Å². The molecule has 0 bridgehead atoms. The molecule has 1 aliphatic rings. The van der Waals surface area contributed by atoms with E-state index < -0.39 is 10.0 Å². The van der Waals surface area contributed by atoms with Gasteiger partial charge in [0.1, 0.15) is 0 Å². The van der Waals surface area contributed by atoms with Crippen LogP contribution in [0.3, 0.4) is 0 Å². The van der Waals surface area contributed by atoms with Crippen LogP contribution in [0.15, 0.2) is 27.6 Å². The van der Waals surface area contributed by atoms with Crippen LogP contribution in [0.1, 0.15) is 31.7 Å². The predicted octanol–water partition coefficient (Wildman–Crippen LogP) is 2.91. The van der Waals surface area contributed by atoms with Crippen molar-refractivity contribution in [2.45, 2.75) is 44.0 Å². The lowest BCUT2D eigenvalue weighted by Gasteiger charge is -2.31. The van der Waals surface area contributed by atoms with E-state index in [1.807, 2.05) is 19.1 Å². The van der Waals surface area contributed by atoms with Gasteiger partial charge < -0.3 is 4.90 Å². The zero-order valence-electron chi connectivity index (χ0n) is 12.6. The molecule has 118 valence electrons. The first-order valence-corrected chi connectivity index (χ1v) is 9.71. The number of likely N-dealkylation sites (tertiary alicyclic amines) is 1.